The van der Waals surface area contributed by atoms with Gasteiger partial charge < -0.3 is 33.3 Å². The van der Waals surface area contributed by atoms with E-state index in [-0.39, 0.29) is 18.3 Å². The molecule has 7 rings (SSSR count). The van der Waals surface area contributed by atoms with Crippen molar-refractivity contribution in [1.82, 2.24) is 9.80 Å². The Morgan fingerprint density at radius 2 is 1.31 bits per heavy atom. The molecule has 1 amide bonds. The summed E-state index contributed by atoms with van der Waals surface area (Å²) in [4.78, 5) is 33.9. The number of carbonyl (C=O) groups is 2. The fourth-order valence-corrected chi connectivity index (χ4v) is 8.34. The highest BCUT2D eigenvalue weighted by molar-refractivity contribution is 6.10. The molecule has 0 radical (unpaired) electrons. The van der Waals surface area contributed by atoms with Gasteiger partial charge in [-0.15, -0.1) is 0 Å². The second-order valence-corrected chi connectivity index (χ2v) is 13.3. The van der Waals surface area contributed by atoms with Gasteiger partial charge in [0.25, 0.3) is 0 Å². The molecule has 4 aromatic carbocycles. The lowest BCUT2D eigenvalue weighted by Gasteiger charge is -2.56. The monoisotopic (exact) mass is 692 g/mol. The third kappa shape index (κ3) is 5.57. The Kier molecular flexibility index (Phi) is 9.39. The van der Waals surface area contributed by atoms with Gasteiger partial charge in [0.1, 0.15) is 18.4 Å². The number of benzene rings is 4. The van der Waals surface area contributed by atoms with Crippen molar-refractivity contribution in [3.8, 4) is 28.7 Å². The number of likely N-dealkylation sites (N-methyl/N-ethyl adjacent to an activating group) is 1. The van der Waals surface area contributed by atoms with Crippen molar-refractivity contribution in [3.63, 3.8) is 0 Å². The second-order valence-electron chi connectivity index (χ2n) is 13.3. The highest BCUT2D eigenvalue weighted by atomic mass is 16.5. The molecule has 3 aliphatic heterocycles. The lowest BCUT2D eigenvalue weighted by Crippen LogP contribution is -2.68. The van der Waals surface area contributed by atoms with Crippen molar-refractivity contribution in [3.05, 3.63) is 111 Å². The minimum Gasteiger partial charge on any atom is -0.496 e. The SMILES string of the molecule is COc1c(C)cc2c(c1OCc1ccccc1)C1C3C(=O)c4c(OC)c(C)c(OC)c(OC)c4[C@H](COCc4ccccc4)N3C(=O)C(C2)N1C. The van der Waals surface area contributed by atoms with Crippen LogP contribution < -0.4 is 23.7 Å². The number of hydrogen-bond donors (Lipinski definition) is 0. The predicted octanol–water partition coefficient (Wildman–Crippen LogP) is 6.18. The summed E-state index contributed by atoms with van der Waals surface area (Å²) in [5, 5.41) is 0. The van der Waals surface area contributed by atoms with Gasteiger partial charge in [-0.3, -0.25) is 14.5 Å². The quantitative estimate of drug-likeness (QED) is 0.183. The molecule has 2 bridgehead atoms. The van der Waals surface area contributed by atoms with E-state index in [4.69, 9.17) is 28.4 Å². The van der Waals surface area contributed by atoms with Gasteiger partial charge in [0.05, 0.1) is 65.3 Å². The first-order valence-electron chi connectivity index (χ1n) is 17.1. The lowest BCUT2D eigenvalue weighted by atomic mass is 9.73. The molecule has 0 N–H and O–H groups in total. The third-order valence-electron chi connectivity index (χ3n) is 10.6. The number of ketones is 1. The van der Waals surface area contributed by atoms with Crippen LogP contribution in [-0.2, 0) is 29.2 Å². The van der Waals surface area contributed by atoms with Crippen LogP contribution in [0.5, 0.6) is 28.7 Å². The summed E-state index contributed by atoms with van der Waals surface area (Å²) in [5.74, 6) is 1.98. The van der Waals surface area contributed by atoms with E-state index in [1.54, 1.807) is 33.3 Å². The summed E-state index contributed by atoms with van der Waals surface area (Å²) in [6, 6.07) is 19.1. The lowest BCUT2D eigenvalue weighted by molar-refractivity contribution is -0.156. The van der Waals surface area contributed by atoms with Crippen LogP contribution in [0, 0.1) is 13.8 Å². The van der Waals surface area contributed by atoms with E-state index in [2.05, 4.69) is 6.07 Å². The van der Waals surface area contributed by atoms with E-state index in [0.29, 0.717) is 65.1 Å². The Morgan fingerprint density at radius 1 is 0.706 bits per heavy atom. The van der Waals surface area contributed by atoms with Crippen LogP contribution in [0.3, 0.4) is 0 Å². The third-order valence-corrected chi connectivity index (χ3v) is 10.6. The number of hydrogen-bond acceptors (Lipinski definition) is 9. The summed E-state index contributed by atoms with van der Waals surface area (Å²) >= 11 is 0. The molecule has 1 saturated heterocycles. The number of Topliss-reactive ketones (excluding diaryl/α,β-unsaturated/α-hetero) is 1. The van der Waals surface area contributed by atoms with Gasteiger partial charge in [0, 0.05) is 16.7 Å². The number of nitrogens with zero attached hydrogens (tertiary/aromatic N) is 2. The van der Waals surface area contributed by atoms with E-state index in [1.165, 1.54) is 0 Å². The Hall–Kier alpha value is -5.06. The van der Waals surface area contributed by atoms with Crippen LogP contribution in [0.15, 0.2) is 66.7 Å². The number of methoxy groups -OCH3 is 4. The molecule has 1 fully saturated rings. The minimum absolute atomic E-state index is 0.105. The zero-order valence-electron chi connectivity index (χ0n) is 30.1. The maximum absolute atomic E-state index is 15.3. The van der Waals surface area contributed by atoms with Gasteiger partial charge in [0.2, 0.25) is 5.91 Å². The number of fused-ring (bicyclic) bond motifs is 7. The maximum Gasteiger partial charge on any atom is 0.241 e. The fraction of sp³-hybridized carbons (Fsp3) is 0.366. The smallest absolute Gasteiger partial charge is 0.241 e. The largest absolute Gasteiger partial charge is 0.496 e. The number of amides is 1. The second kappa shape index (κ2) is 13.9. The van der Waals surface area contributed by atoms with E-state index in [1.807, 2.05) is 86.5 Å². The molecule has 0 saturated carbocycles. The number of ether oxygens (including phenoxy) is 6. The molecule has 3 aliphatic rings. The van der Waals surface area contributed by atoms with Crippen LogP contribution in [0.1, 0.15) is 61.4 Å². The van der Waals surface area contributed by atoms with E-state index in [0.717, 1.165) is 27.8 Å². The van der Waals surface area contributed by atoms with Crippen LogP contribution in [0.4, 0.5) is 0 Å². The molecule has 0 aliphatic carbocycles. The highest BCUT2D eigenvalue weighted by Gasteiger charge is 2.59. The summed E-state index contributed by atoms with van der Waals surface area (Å²) in [6.45, 7) is 4.55. The average molecular weight is 693 g/mol. The van der Waals surface area contributed by atoms with Crippen LogP contribution in [-0.4, -0.2) is 75.7 Å². The first-order chi connectivity index (χ1) is 24.7. The Labute approximate surface area is 298 Å². The predicted molar refractivity (Wildman–Crippen MR) is 191 cm³/mol. The van der Waals surface area contributed by atoms with E-state index >= 15 is 4.79 Å². The normalized spacial score (nSPS) is 20.6. The van der Waals surface area contributed by atoms with Gasteiger partial charge in [-0.05, 0) is 49.6 Å². The number of carbonyl (C=O) groups excluding carboxylic acids is 2. The molecular weight excluding hydrogens is 648 g/mol. The first-order valence-corrected chi connectivity index (χ1v) is 17.1. The summed E-state index contributed by atoms with van der Waals surface area (Å²) < 4.78 is 36.9. The molecule has 0 spiro atoms. The van der Waals surface area contributed by atoms with Gasteiger partial charge in [0.15, 0.2) is 28.8 Å². The molecule has 4 aromatic rings. The minimum atomic E-state index is -0.937. The Balaban J connectivity index is 1.43. The summed E-state index contributed by atoms with van der Waals surface area (Å²) in [5.41, 5.74) is 6.19. The summed E-state index contributed by atoms with van der Waals surface area (Å²) in [6.07, 6.45) is 0.438. The number of aryl methyl sites for hydroxylation is 1. The summed E-state index contributed by atoms with van der Waals surface area (Å²) in [7, 11) is 8.19. The number of rotatable bonds is 11. The van der Waals surface area contributed by atoms with E-state index in [9.17, 15) is 4.79 Å². The van der Waals surface area contributed by atoms with Gasteiger partial charge in [-0.25, -0.2) is 0 Å². The van der Waals surface area contributed by atoms with E-state index < -0.39 is 24.2 Å². The van der Waals surface area contributed by atoms with Gasteiger partial charge in [-0.1, -0.05) is 66.7 Å². The first kappa shape index (κ1) is 34.4. The van der Waals surface area contributed by atoms with Gasteiger partial charge in [-0.2, -0.15) is 0 Å². The van der Waals surface area contributed by atoms with Crippen molar-refractivity contribution in [2.45, 2.75) is 57.6 Å². The van der Waals surface area contributed by atoms with Crippen molar-refractivity contribution in [2.24, 2.45) is 0 Å². The molecule has 266 valence electrons. The van der Waals surface area contributed by atoms with Crippen molar-refractivity contribution >= 4 is 11.7 Å². The molecule has 51 heavy (non-hydrogen) atoms. The molecule has 4 atom stereocenters. The highest BCUT2D eigenvalue weighted by Crippen LogP contribution is 2.57. The molecular formula is C41H44N2O8. The maximum atomic E-state index is 15.3. The topological polar surface area (TPSA) is 96.0 Å². The Bertz CT molecular complexity index is 1960. The zero-order chi connectivity index (χ0) is 36.0. The van der Waals surface area contributed by atoms with Crippen molar-refractivity contribution in [2.75, 3.05) is 42.1 Å². The Morgan fingerprint density at radius 3 is 1.92 bits per heavy atom. The number of piperazine rings is 1. The van der Waals surface area contributed by atoms with Crippen LogP contribution in [0.2, 0.25) is 0 Å². The standard InChI is InChI=1S/C41H44N2O8/c1-23-18-27-19-28-41(45)43-29(22-50-20-25-14-10-8-11-15-25)31-32(37(47-5)24(2)38(48-6)39(31)49-7)35(44)34(43)33(42(28)3)30(27)40(36(23)46-4)51-21-26-16-12-9-13-17-26/h8-18,28-29,33-34H,19-22H2,1-7H3/t28?,29-,33?,34?/m0/s1. The van der Waals surface area contributed by atoms with Gasteiger partial charge >= 0.3 is 0 Å². The zero-order valence-corrected chi connectivity index (χ0v) is 30.1. The molecule has 3 heterocycles. The molecule has 0 aromatic heterocycles. The molecule has 10 nitrogen and oxygen atoms in total. The van der Waals surface area contributed by atoms with Crippen LogP contribution in [0.25, 0.3) is 0 Å². The molecule has 10 heteroatoms. The van der Waals surface area contributed by atoms with Crippen LogP contribution >= 0.6 is 0 Å². The fourth-order valence-electron chi connectivity index (χ4n) is 8.34. The van der Waals surface area contributed by atoms with Crippen molar-refractivity contribution < 1.29 is 38.0 Å². The molecule has 3 unspecified atom stereocenters. The average Bonchev–Trinajstić information content (AvgIpc) is 3.14. The van der Waals surface area contributed by atoms with Crippen molar-refractivity contribution in [1.29, 1.82) is 0 Å².